The van der Waals surface area contributed by atoms with Crippen LogP contribution in [0.4, 0.5) is 0 Å². The average molecular weight is 106 g/mol. The molecule has 0 fully saturated rings. The molecule has 6 heteroatoms. The molecule has 34 valence electrons. The third-order valence-corrected chi connectivity index (χ3v) is 0. The van der Waals surface area contributed by atoms with E-state index in [0.29, 0.717) is 0 Å². The van der Waals surface area contributed by atoms with E-state index in [-0.39, 0.29) is 20.3 Å². The maximum atomic E-state index is 8.74. The molecule has 0 amide bonds. The van der Waals surface area contributed by atoms with E-state index in [9.17, 15) is 0 Å². The monoisotopic (exact) mass is 106 g/mol. The van der Waals surface area contributed by atoms with Crippen molar-refractivity contribution in [2.45, 2.75) is 0 Å². The molecular formula is H3LiO4S. The minimum Gasteiger partial charge on any atom is -1.00 e. The van der Waals surface area contributed by atoms with Gasteiger partial charge in [0.15, 0.2) is 0 Å². The summed E-state index contributed by atoms with van der Waals surface area (Å²) >= 11 is 0. The van der Waals surface area contributed by atoms with Gasteiger partial charge in [-0.15, -0.1) is 0 Å². The molecule has 6 heavy (non-hydrogen) atoms. The molecule has 0 atom stereocenters. The first-order chi connectivity index (χ1) is 2.00. The summed E-state index contributed by atoms with van der Waals surface area (Å²) in [5.41, 5.74) is 0. The molecule has 0 saturated heterocycles. The van der Waals surface area contributed by atoms with Gasteiger partial charge in [-0.3, -0.25) is 9.11 Å². The third-order valence-electron chi connectivity index (χ3n) is 0. The van der Waals surface area contributed by atoms with Crippen molar-refractivity contribution in [2.24, 2.45) is 0 Å². The molecule has 0 heterocycles. The summed E-state index contributed by atoms with van der Waals surface area (Å²) in [6.45, 7) is 0. The Morgan fingerprint density at radius 1 is 1.33 bits per heavy atom. The fourth-order valence-corrected chi connectivity index (χ4v) is 0. The topological polar surface area (TPSA) is 74.6 Å². The van der Waals surface area contributed by atoms with Gasteiger partial charge in [0.1, 0.15) is 0 Å². The van der Waals surface area contributed by atoms with Crippen LogP contribution in [0.15, 0.2) is 0 Å². The van der Waals surface area contributed by atoms with Crippen LogP contribution in [0.2, 0.25) is 0 Å². The van der Waals surface area contributed by atoms with Crippen LogP contribution in [0.1, 0.15) is 1.43 Å². The van der Waals surface area contributed by atoms with Gasteiger partial charge in [-0.1, -0.05) is 0 Å². The zero-order chi connectivity index (χ0) is 4.50. The minimum atomic E-state index is -4.67. The van der Waals surface area contributed by atoms with Crippen molar-refractivity contribution in [2.75, 3.05) is 0 Å². The standard InChI is InChI=1S/Li.H2O4S.H/c;1-5(2,3)4;/h;(H2,1,2,3,4);/q+1;;-1. The summed E-state index contributed by atoms with van der Waals surface area (Å²) in [7, 11) is -4.67. The number of rotatable bonds is 0. The number of hydrogen-bond donors (Lipinski definition) is 2. The molecule has 0 radical (unpaired) electrons. The SMILES string of the molecule is O=S(=O)(O)O.[H-].[Li+]. The zero-order valence-electron chi connectivity index (χ0n) is 4.12. The van der Waals surface area contributed by atoms with E-state index in [4.69, 9.17) is 17.5 Å². The van der Waals surface area contributed by atoms with E-state index in [0.717, 1.165) is 0 Å². The van der Waals surface area contributed by atoms with Crippen LogP contribution in [0.3, 0.4) is 0 Å². The van der Waals surface area contributed by atoms with E-state index < -0.39 is 10.4 Å². The molecule has 0 aliphatic heterocycles. The van der Waals surface area contributed by atoms with Gasteiger partial charge in [0.2, 0.25) is 0 Å². The van der Waals surface area contributed by atoms with Crippen LogP contribution in [0.5, 0.6) is 0 Å². The van der Waals surface area contributed by atoms with Crippen LogP contribution in [-0.4, -0.2) is 17.5 Å². The molecule has 0 aliphatic rings. The smallest absolute Gasteiger partial charge is 1.00 e. The van der Waals surface area contributed by atoms with Gasteiger partial charge in [-0.25, -0.2) is 0 Å². The quantitative estimate of drug-likeness (QED) is 0.248. The number of hydrogen-bond acceptors (Lipinski definition) is 2. The van der Waals surface area contributed by atoms with Gasteiger partial charge in [0, 0.05) is 0 Å². The van der Waals surface area contributed by atoms with Crippen molar-refractivity contribution in [3.63, 3.8) is 0 Å². The minimum absolute atomic E-state index is 0. The van der Waals surface area contributed by atoms with Crippen LogP contribution >= 0.6 is 0 Å². The Morgan fingerprint density at radius 2 is 1.33 bits per heavy atom. The fraction of sp³-hybridized carbons (Fsp3) is 0. The second-order valence-electron chi connectivity index (χ2n) is 0.448. The maximum absolute atomic E-state index is 8.74. The van der Waals surface area contributed by atoms with Crippen LogP contribution < -0.4 is 18.9 Å². The van der Waals surface area contributed by atoms with Gasteiger partial charge < -0.3 is 1.43 Å². The molecule has 0 bridgehead atoms. The Morgan fingerprint density at radius 3 is 1.33 bits per heavy atom. The van der Waals surface area contributed by atoms with Gasteiger partial charge in [0.25, 0.3) is 0 Å². The average Bonchev–Trinajstić information content (AvgIpc) is 0.722. The van der Waals surface area contributed by atoms with Crippen molar-refractivity contribution in [3.8, 4) is 0 Å². The summed E-state index contributed by atoms with van der Waals surface area (Å²) in [4.78, 5) is 0. The second kappa shape index (κ2) is 2.61. The van der Waals surface area contributed by atoms with Crippen molar-refractivity contribution in [3.05, 3.63) is 0 Å². The van der Waals surface area contributed by atoms with E-state index in [1.165, 1.54) is 0 Å². The fourth-order valence-electron chi connectivity index (χ4n) is 0. The van der Waals surface area contributed by atoms with Crippen LogP contribution in [0, 0.1) is 0 Å². The van der Waals surface area contributed by atoms with Crippen molar-refractivity contribution in [1.82, 2.24) is 0 Å². The Bertz CT molecular complexity index is 94.9. The summed E-state index contributed by atoms with van der Waals surface area (Å²) in [6, 6.07) is 0. The Hall–Kier alpha value is 0.467. The summed E-state index contributed by atoms with van der Waals surface area (Å²) in [5, 5.41) is 0. The molecule has 0 aromatic heterocycles. The van der Waals surface area contributed by atoms with E-state index in [2.05, 4.69) is 0 Å². The predicted molar refractivity (Wildman–Crippen MR) is 15.3 cm³/mol. The van der Waals surface area contributed by atoms with Crippen molar-refractivity contribution >= 4 is 10.4 Å². The Balaban J connectivity index is -0.0000000800. The maximum Gasteiger partial charge on any atom is 1.00 e. The van der Waals surface area contributed by atoms with E-state index >= 15 is 0 Å². The summed E-state index contributed by atoms with van der Waals surface area (Å²) in [6.07, 6.45) is 0. The van der Waals surface area contributed by atoms with Crippen molar-refractivity contribution < 1.29 is 37.8 Å². The molecule has 0 unspecified atom stereocenters. The first-order valence-corrected chi connectivity index (χ1v) is 2.10. The second-order valence-corrected chi connectivity index (χ2v) is 1.34. The molecule has 0 spiro atoms. The molecule has 0 rings (SSSR count). The van der Waals surface area contributed by atoms with Crippen LogP contribution in [0.25, 0.3) is 0 Å². The largest absolute Gasteiger partial charge is 1.00 e. The Kier molecular flexibility index (Phi) is 4.21. The summed E-state index contributed by atoms with van der Waals surface area (Å²) < 4.78 is 31.6. The molecule has 0 aliphatic carbocycles. The van der Waals surface area contributed by atoms with Gasteiger partial charge >= 0.3 is 29.3 Å². The zero-order valence-corrected chi connectivity index (χ0v) is 3.94. The van der Waals surface area contributed by atoms with E-state index in [1.54, 1.807) is 0 Å². The summed E-state index contributed by atoms with van der Waals surface area (Å²) in [5.74, 6) is 0. The van der Waals surface area contributed by atoms with Gasteiger partial charge in [-0.05, 0) is 0 Å². The molecule has 0 saturated carbocycles. The van der Waals surface area contributed by atoms with E-state index in [1.807, 2.05) is 0 Å². The molecule has 2 N–H and O–H groups in total. The first-order valence-electron chi connectivity index (χ1n) is 0.698. The first kappa shape index (κ1) is 9.69. The van der Waals surface area contributed by atoms with Crippen LogP contribution in [-0.2, 0) is 10.4 Å². The predicted octanol–water partition coefficient (Wildman–Crippen LogP) is -3.54. The molecular weight excluding hydrogens is 103 g/mol. The van der Waals surface area contributed by atoms with Gasteiger partial charge in [0.05, 0.1) is 0 Å². The van der Waals surface area contributed by atoms with Gasteiger partial charge in [-0.2, -0.15) is 8.42 Å². The molecule has 0 aromatic carbocycles. The molecule has 0 aromatic rings. The Labute approximate surface area is 48.8 Å². The third kappa shape index (κ3) is 246. The van der Waals surface area contributed by atoms with Crippen molar-refractivity contribution in [1.29, 1.82) is 0 Å². The molecule has 4 nitrogen and oxygen atoms in total. The normalized spacial score (nSPS) is 9.67.